The molecule has 0 radical (unpaired) electrons. The molecular weight excluding hydrogens is 210 g/mol. The first kappa shape index (κ1) is 12.4. The topological polar surface area (TPSA) is 21.3 Å². The van der Waals surface area contributed by atoms with Crippen molar-refractivity contribution in [3.8, 4) is 5.75 Å². The highest BCUT2D eigenvalue weighted by Crippen LogP contribution is 2.17. The predicted molar refractivity (Wildman–Crippen MR) is 71.5 cm³/mol. The van der Waals surface area contributed by atoms with Crippen molar-refractivity contribution in [3.05, 3.63) is 29.8 Å². The number of nitrogens with one attached hydrogen (secondary N) is 1. The standard InChI is InChI=1S/C15H23NO/c1-2-13-5-3-7-15(11-13)17-10-8-14-6-4-9-16-12-14/h3,5,7,11,14,16H,2,4,6,8-10,12H2,1H3/t14-/m1/s1. The van der Waals surface area contributed by atoms with Crippen LogP contribution in [0.2, 0.25) is 0 Å². The third-order valence-corrected chi connectivity index (χ3v) is 3.50. The van der Waals surface area contributed by atoms with E-state index in [1.807, 2.05) is 0 Å². The Morgan fingerprint density at radius 2 is 2.35 bits per heavy atom. The van der Waals surface area contributed by atoms with Crippen LogP contribution in [0.15, 0.2) is 24.3 Å². The molecule has 0 bridgehead atoms. The molecule has 1 atom stereocenters. The number of aryl methyl sites for hydroxylation is 1. The fourth-order valence-electron chi connectivity index (χ4n) is 2.37. The minimum atomic E-state index is 0.804. The van der Waals surface area contributed by atoms with Crippen LogP contribution in [-0.4, -0.2) is 19.7 Å². The quantitative estimate of drug-likeness (QED) is 0.844. The zero-order valence-electron chi connectivity index (χ0n) is 10.7. The molecule has 2 rings (SSSR count). The van der Waals surface area contributed by atoms with Gasteiger partial charge < -0.3 is 10.1 Å². The van der Waals surface area contributed by atoms with Crippen LogP contribution in [0.25, 0.3) is 0 Å². The Morgan fingerprint density at radius 1 is 1.41 bits per heavy atom. The third-order valence-electron chi connectivity index (χ3n) is 3.50. The van der Waals surface area contributed by atoms with Crippen molar-refractivity contribution in [3.63, 3.8) is 0 Å². The zero-order valence-corrected chi connectivity index (χ0v) is 10.7. The van der Waals surface area contributed by atoms with Gasteiger partial charge in [-0.15, -0.1) is 0 Å². The largest absolute Gasteiger partial charge is 0.494 e. The maximum atomic E-state index is 5.82. The van der Waals surface area contributed by atoms with E-state index in [0.29, 0.717) is 0 Å². The average Bonchev–Trinajstić information content (AvgIpc) is 2.40. The van der Waals surface area contributed by atoms with Gasteiger partial charge in [-0.25, -0.2) is 0 Å². The Morgan fingerprint density at radius 3 is 3.12 bits per heavy atom. The first-order valence-corrected chi connectivity index (χ1v) is 6.81. The summed E-state index contributed by atoms with van der Waals surface area (Å²) in [6.45, 7) is 5.38. The summed E-state index contributed by atoms with van der Waals surface area (Å²) in [5, 5.41) is 3.45. The van der Waals surface area contributed by atoms with E-state index in [1.165, 1.54) is 37.9 Å². The van der Waals surface area contributed by atoms with Gasteiger partial charge in [0.2, 0.25) is 0 Å². The Hall–Kier alpha value is -1.02. The second-order valence-electron chi connectivity index (χ2n) is 4.85. The number of rotatable bonds is 5. The van der Waals surface area contributed by atoms with E-state index < -0.39 is 0 Å². The lowest BCUT2D eigenvalue weighted by atomic mass is 9.97. The second-order valence-corrected chi connectivity index (χ2v) is 4.85. The van der Waals surface area contributed by atoms with Gasteiger partial charge in [0.25, 0.3) is 0 Å². The number of piperidine rings is 1. The Labute approximate surface area is 104 Å². The van der Waals surface area contributed by atoms with Crippen LogP contribution in [0.1, 0.15) is 31.7 Å². The normalized spacial score (nSPS) is 20.2. The minimum Gasteiger partial charge on any atom is -0.494 e. The fraction of sp³-hybridized carbons (Fsp3) is 0.600. The minimum absolute atomic E-state index is 0.804. The van der Waals surface area contributed by atoms with Crippen molar-refractivity contribution in [1.82, 2.24) is 5.32 Å². The highest BCUT2D eigenvalue weighted by atomic mass is 16.5. The van der Waals surface area contributed by atoms with Crippen LogP contribution in [0.4, 0.5) is 0 Å². The van der Waals surface area contributed by atoms with Crippen LogP contribution >= 0.6 is 0 Å². The van der Waals surface area contributed by atoms with Crippen LogP contribution in [-0.2, 0) is 6.42 Å². The summed E-state index contributed by atoms with van der Waals surface area (Å²) in [4.78, 5) is 0. The van der Waals surface area contributed by atoms with Crippen LogP contribution in [0.5, 0.6) is 5.75 Å². The van der Waals surface area contributed by atoms with Gasteiger partial charge in [0.15, 0.2) is 0 Å². The maximum Gasteiger partial charge on any atom is 0.119 e. The summed E-state index contributed by atoms with van der Waals surface area (Å²) >= 11 is 0. The molecule has 17 heavy (non-hydrogen) atoms. The number of ether oxygens (including phenoxy) is 1. The fourth-order valence-corrected chi connectivity index (χ4v) is 2.37. The van der Waals surface area contributed by atoms with E-state index in [-0.39, 0.29) is 0 Å². The van der Waals surface area contributed by atoms with E-state index in [4.69, 9.17) is 4.74 Å². The van der Waals surface area contributed by atoms with Gasteiger partial charge in [0.05, 0.1) is 6.61 Å². The summed E-state index contributed by atoms with van der Waals surface area (Å²) < 4.78 is 5.82. The molecule has 1 fully saturated rings. The lowest BCUT2D eigenvalue weighted by molar-refractivity contribution is 0.254. The van der Waals surface area contributed by atoms with Crippen molar-refractivity contribution in [2.75, 3.05) is 19.7 Å². The Bertz CT molecular complexity index is 331. The number of hydrogen-bond acceptors (Lipinski definition) is 2. The smallest absolute Gasteiger partial charge is 0.119 e. The van der Waals surface area contributed by atoms with Crippen molar-refractivity contribution in [2.45, 2.75) is 32.6 Å². The highest BCUT2D eigenvalue weighted by molar-refractivity contribution is 5.28. The lowest BCUT2D eigenvalue weighted by Gasteiger charge is -2.22. The van der Waals surface area contributed by atoms with Crippen molar-refractivity contribution < 1.29 is 4.74 Å². The SMILES string of the molecule is CCc1cccc(OCC[C@H]2CCCNC2)c1. The van der Waals surface area contributed by atoms with E-state index in [1.54, 1.807) is 0 Å². The summed E-state index contributed by atoms with van der Waals surface area (Å²) in [6, 6.07) is 8.44. The molecule has 2 nitrogen and oxygen atoms in total. The molecular formula is C15H23NO. The molecule has 0 amide bonds. The van der Waals surface area contributed by atoms with Crippen molar-refractivity contribution in [1.29, 1.82) is 0 Å². The van der Waals surface area contributed by atoms with Crippen molar-refractivity contribution in [2.24, 2.45) is 5.92 Å². The van der Waals surface area contributed by atoms with Gasteiger partial charge in [-0.2, -0.15) is 0 Å². The molecule has 1 N–H and O–H groups in total. The molecule has 1 aliphatic rings. The van der Waals surface area contributed by atoms with Gasteiger partial charge in [-0.1, -0.05) is 19.1 Å². The van der Waals surface area contributed by atoms with Crippen LogP contribution in [0, 0.1) is 5.92 Å². The number of benzene rings is 1. The Balaban J connectivity index is 1.73. The molecule has 1 aromatic rings. The first-order valence-electron chi connectivity index (χ1n) is 6.81. The maximum absolute atomic E-state index is 5.82. The van der Waals surface area contributed by atoms with Crippen LogP contribution in [0.3, 0.4) is 0 Å². The molecule has 1 aliphatic heterocycles. The highest BCUT2D eigenvalue weighted by Gasteiger charge is 2.12. The molecule has 1 aromatic carbocycles. The molecule has 1 heterocycles. The summed E-state index contributed by atoms with van der Waals surface area (Å²) in [7, 11) is 0. The van der Waals surface area contributed by atoms with Gasteiger partial charge in [-0.3, -0.25) is 0 Å². The summed E-state index contributed by atoms with van der Waals surface area (Å²) in [5.74, 6) is 1.83. The third kappa shape index (κ3) is 4.04. The molecule has 1 saturated heterocycles. The monoisotopic (exact) mass is 233 g/mol. The lowest BCUT2D eigenvalue weighted by Crippen LogP contribution is -2.30. The zero-order chi connectivity index (χ0) is 11.9. The van der Waals surface area contributed by atoms with Gasteiger partial charge in [-0.05, 0) is 62.4 Å². The molecule has 0 aliphatic carbocycles. The molecule has 94 valence electrons. The molecule has 0 aromatic heterocycles. The first-order chi connectivity index (χ1) is 8.38. The van der Waals surface area contributed by atoms with Gasteiger partial charge in [0.1, 0.15) is 5.75 Å². The van der Waals surface area contributed by atoms with E-state index >= 15 is 0 Å². The summed E-state index contributed by atoms with van der Waals surface area (Å²) in [5.41, 5.74) is 1.35. The molecule has 0 unspecified atom stereocenters. The van der Waals surface area contributed by atoms with E-state index in [2.05, 4.69) is 36.5 Å². The molecule has 0 spiro atoms. The predicted octanol–water partition coefficient (Wildman–Crippen LogP) is 3.02. The summed E-state index contributed by atoms with van der Waals surface area (Å²) in [6.07, 6.45) is 4.91. The van der Waals surface area contributed by atoms with E-state index in [9.17, 15) is 0 Å². The van der Waals surface area contributed by atoms with Crippen LogP contribution < -0.4 is 10.1 Å². The van der Waals surface area contributed by atoms with Gasteiger partial charge in [0, 0.05) is 0 Å². The Kier molecular flexibility index (Phi) is 4.87. The molecule has 0 saturated carbocycles. The van der Waals surface area contributed by atoms with Crippen molar-refractivity contribution >= 4 is 0 Å². The average molecular weight is 233 g/mol. The number of hydrogen-bond donors (Lipinski definition) is 1. The second kappa shape index (κ2) is 6.65. The molecule has 2 heteroatoms. The van der Waals surface area contributed by atoms with E-state index in [0.717, 1.165) is 24.7 Å². The van der Waals surface area contributed by atoms with Gasteiger partial charge >= 0.3 is 0 Å².